The first-order chi connectivity index (χ1) is 20.4. The quantitative estimate of drug-likeness (QED) is 0.167. The minimum absolute atomic E-state index is 0.359. The van der Waals surface area contributed by atoms with Gasteiger partial charge < -0.3 is 15.3 Å². The topological polar surface area (TPSA) is 69.6 Å². The van der Waals surface area contributed by atoms with Crippen LogP contribution in [0.4, 0.5) is 11.4 Å². The van der Waals surface area contributed by atoms with Crippen LogP contribution in [0.3, 0.4) is 0 Å². The predicted molar refractivity (Wildman–Crippen MR) is 175 cm³/mol. The molecular weight excluding hydrogens is 540 g/mol. The number of carboxylic acids is 1. The number of carbonyl (C=O) groups is 2. The van der Waals surface area contributed by atoms with Gasteiger partial charge in [0.25, 0.3) is 5.91 Å². The van der Waals surface area contributed by atoms with Crippen molar-refractivity contribution in [1.82, 2.24) is 5.32 Å². The van der Waals surface area contributed by atoms with Crippen molar-refractivity contribution in [2.24, 2.45) is 0 Å². The highest BCUT2D eigenvalue weighted by atomic mass is 32.2. The highest BCUT2D eigenvalue weighted by Gasteiger charge is 2.23. The predicted octanol–water partition coefficient (Wildman–Crippen LogP) is 8.09. The summed E-state index contributed by atoms with van der Waals surface area (Å²) in [7, 11) is 0. The number of benzene rings is 5. The Hall–Kier alpha value is -4.55. The van der Waals surface area contributed by atoms with E-state index in [1.165, 1.54) is 5.39 Å². The summed E-state index contributed by atoms with van der Waals surface area (Å²) >= 11 is 1.56. The Morgan fingerprint density at radius 1 is 0.786 bits per heavy atom. The van der Waals surface area contributed by atoms with Gasteiger partial charge in [-0.3, -0.25) is 4.79 Å². The standard InChI is InChI=1S/C36H34N2O3S/c1-25-10-6-9-15-31(25)33-22-26(16-19-32(33)35(39)37-34(36(40)41)20-21-42-2)24-38(29-13-4-3-5-14-29)30-18-17-27-11-7-8-12-28(27)23-30/h3-19,22-23,34H,20-21,24H2,1-2H3,(H,37,39)(H,40,41)/t34-/m0/s1. The minimum Gasteiger partial charge on any atom is -0.480 e. The maximum atomic E-state index is 13.5. The first-order valence-electron chi connectivity index (χ1n) is 14.0. The number of amides is 1. The van der Waals surface area contributed by atoms with Crippen molar-refractivity contribution in [2.45, 2.75) is 25.9 Å². The summed E-state index contributed by atoms with van der Waals surface area (Å²) in [6.45, 7) is 2.60. The molecule has 1 amide bonds. The molecule has 6 heteroatoms. The van der Waals surface area contributed by atoms with Crippen LogP contribution in [0, 0.1) is 6.92 Å². The number of thioether (sulfide) groups is 1. The molecule has 42 heavy (non-hydrogen) atoms. The molecule has 0 bridgehead atoms. The third kappa shape index (κ3) is 6.67. The molecule has 0 saturated heterocycles. The van der Waals surface area contributed by atoms with Gasteiger partial charge in [-0.05, 0) is 94.8 Å². The third-order valence-electron chi connectivity index (χ3n) is 7.43. The fourth-order valence-electron chi connectivity index (χ4n) is 5.18. The molecule has 5 aromatic rings. The largest absolute Gasteiger partial charge is 0.480 e. The molecule has 0 aliphatic rings. The zero-order chi connectivity index (χ0) is 29.5. The van der Waals surface area contributed by atoms with Crippen molar-refractivity contribution < 1.29 is 14.7 Å². The van der Waals surface area contributed by atoms with E-state index in [1.807, 2.05) is 79.9 Å². The number of hydrogen-bond acceptors (Lipinski definition) is 4. The second kappa shape index (κ2) is 13.4. The molecule has 5 aromatic carbocycles. The smallest absolute Gasteiger partial charge is 0.326 e. The van der Waals surface area contributed by atoms with E-state index >= 15 is 0 Å². The molecule has 0 aliphatic heterocycles. The van der Waals surface area contributed by atoms with Crippen LogP contribution in [0.5, 0.6) is 0 Å². The van der Waals surface area contributed by atoms with E-state index in [9.17, 15) is 14.7 Å². The Morgan fingerprint density at radius 3 is 2.24 bits per heavy atom. The SMILES string of the molecule is CSCC[C@H](NC(=O)c1ccc(CN(c2ccccc2)c2ccc3ccccc3c2)cc1-c1ccccc1C)C(=O)O. The van der Waals surface area contributed by atoms with E-state index in [2.05, 4.69) is 58.7 Å². The van der Waals surface area contributed by atoms with Gasteiger partial charge in [0.1, 0.15) is 6.04 Å². The van der Waals surface area contributed by atoms with E-state index in [0.717, 1.165) is 39.0 Å². The van der Waals surface area contributed by atoms with Crippen molar-refractivity contribution in [3.8, 4) is 11.1 Å². The number of aryl methyl sites for hydroxylation is 1. The first-order valence-corrected chi connectivity index (χ1v) is 15.4. The van der Waals surface area contributed by atoms with Gasteiger partial charge in [-0.2, -0.15) is 11.8 Å². The van der Waals surface area contributed by atoms with Crippen molar-refractivity contribution in [3.63, 3.8) is 0 Å². The van der Waals surface area contributed by atoms with E-state index in [0.29, 0.717) is 24.3 Å². The van der Waals surface area contributed by atoms with Crippen molar-refractivity contribution >= 4 is 45.8 Å². The van der Waals surface area contributed by atoms with Gasteiger partial charge in [0, 0.05) is 23.5 Å². The molecule has 212 valence electrons. The van der Waals surface area contributed by atoms with Crippen LogP contribution >= 0.6 is 11.8 Å². The monoisotopic (exact) mass is 574 g/mol. The van der Waals surface area contributed by atoms with E-state index < -0.39 is 12.0 Å². The molecule has 0 unspecified atom stereocenters. The van der Waals surface area contributed by atoms with Gasteiger partial charge in [-0.15, -0.1) is 0 Å². The third-order valence-corrected chi connectivity index (χ3v) is 8.08. The maximum Gasteiger partial charge on any atom is 0.326 e. The Morgan fingerprint density at radius 2 is 1.50 bits per heavy atom. The van der Waals surface area contributed by atoms with Gasteiger partial charge >= 0.3 is 5.97 Å². The number of nitrogens with one attached hydrogen (secondary N) is 1. The lowest BCUT2D eigenvalue weighted by Gasteiger charge is -2.26. The maximum absolute atomic E-state index is 13.5. The number of para-hydroxylation sites is 1. The summed E-state index contributed by atoms with van der Waals surface area (Å²) in [5, 5.41) is 14.8. The number of anilines is 2. The van der Waals surface area contributed by atoms with E-state index in [4.69, 9.17) is 0 Å². The molecule has 0 radical (unpaired) electrons. The molecule has 5 nitrogen and oxygen atoms in total. The van der Waals surface area contributed by atoms with Crippen LogP contribution in [0.1, 0.15) is 27.9 Å². The second-order valence-electron chi connectivity index (χ2n) is 10.3. The molecule has 1 atom stereocenters. The summed E-state index contributed by atoms with van der Waals surface area (Å²) in [6.07, 6.45) is 2.28. The number of carboxylic acid groups (broad SMARTS) is 1. The summed E-state index contributed by atoms with van der Waals surface area (Å²) in [4.78, 5) is 27.7. The van der Waals surface area contributed by atoms with E-state index in [-0.39, 0.29) is 5.91 Å². The Labute approximate surface area is 251 Å². The highest BCUT2D eigenvalue weighted by molar-refractivity contribution is 7.98. The Bertz CT molecular complexity index is 1700. The minimum atomic E-state index is -1.03. The lowest BCUT2D eigenvalue weighted by Crippen LogP contribution is -2.41. The average Bonchev–Trinajstić information content (AvgIpc) is 3.02. The fourth-order valence-corrected chi connectivity index (χ4v) is 5.65. The number of aliphatic carboxylic acids is 1. The molecule has 2 N–H and O–H groups in total. The van der Waals surface area contributed by atoms with Crippen molar-refractivity contribution in [1.29, 1.82) is 0 Å². The van der Waals surface area contributed by atoms with Gasteiger partial charge in [-0.1, -0.05) is 78.9 Å². The molecule has 0 heterocycles. The van der Waals surface area contributed by atoms with Crippen LogP contribution < -0.4 is 10.2 Å². The number of hydrogen-bond donors (Lipinski definition) is 2. The molecule has 0 aliphatic carbocycles. The Balaban J connectivity index is 1.55. The number of nitrogens with zero attached hydrogens (tertiary/aromatic N) is 1. The summed E-state index contributed by atoms with van der Waals surface area (Å²) in [6, 6.07) is 37.9. The lowest BCUT2D eigenvalue weighted by atomic mass is 9.93. The summed E-state index contributed by atoms with van der Waals surface area (Å²) in [5.41, 5.74) is 6.37. The lowest BCUT2D eigenvalue weighted by molar-refractivity contribution is -0.139. The normalized spacial score (nSPS) is 11.7. The van der Waals surface area contributed by atoms with Crippen LogP contribution in [0.2, 0.25) is 0 Å². The van der Waals surface area contributed by atoms with Gasteiger partial charge in [0.15, 0.2) is 0 Å². The molecule has 0 fully saturated rings. The van der Waals surface area contributed by atoms with E-state index in [1.54, 1.807) is 11.8 Å². The summed E-state index contributed by atoms with van der Waals surface area (Å²) in [5.74, 6) is -0.770. The van der Waals surface area contributed by atoms with Crippen LogP contribution in [0.25, 0.3) is 21.9 Å². The first kappa shape index (κ1) is 29.0. The molecule has 0 saturated carbocycles. The summed E-state index contributed by atoms with van der Waals surface area (Å²) < 4.78 is 0. The van der Waals surface area contributed by atoms with Gasteiger partial charge in [0.2, 0.25) is 0 Å². The highest BCUT2D eigenvalue weighted by Crippen LogP contribution is 2.33. The van der Waals surface area contributed by atoms with Crippen molar-refractivity contribution in [2.75, 3.05) is 16.9 Å². The molecular formula is C36H34N2O3S. The zero-order valence-corrected chi connectivity index (χ0v) is 24.6. The average molecular weight is 575 g/mol. The molecule has 0 aromatic heterocycles. The number of rotatable bonds is 11. The second-order valence-corrected chi connectivity index (χ2v) is 11.3. The fraction of sp³-hybridized carbons (Fsp3) is 0.167. The van der Waals surface area contributed by atoms with Gasteiger partial charge in [-0.25, -0.2) is 4.79 Å². The van der Waals surface area contributed by atoms with Crippen LogP contribution in [-0.4, -0.2) is 35.0 Å². The molecule has 0 spiro atoms. The number of carbonyl (C=O) groups excluding carboxylic acids is 1. The van der Waals surface area contributed by atoms with Crippen molar-refractivity contribution in [3.05, 3.63) is 132 Å². The van der Waals surface area contributed by atoms with Crippen LogP contribution in [-0.2, 0) is 11.3 Å². The zero-order valence-electron chi connectivity index (χ0n) is 23.8. The Kier molecular flexibility index (Phi) is 9.25. The van der Waals surface area contributed by atoms with Crippen LogP contribution in [0.15, 0.2) is 115 Å². The van der Waals surface area contributed by atoms with Gasteiger partial charge in [0.05, 0.1) is 0 Å². The molecule has 5 rings (SSSR count). The number of fused-ring (bicyclic) bond motifs is 1.